The van der Waals surface area contributed by atoms with Crippen LogP contribution in [0.15, 0.2) is 42.5 Å². The maximum Gasteiger partial charge on any atom is 0.220 e. The molecule has 160 valence electrons. The molecule has 0 unspecified atom stereocenters. The number of piperidine rings is 1. The van der Waals surface area contributed by atoms with Crippen LogP contribution < -0.4 is 5.32 Å². The van der Waals surface area contributed by atoms with E-state index in [2.05, 4.69) is 22.3 Å². The molecule has 4 rings (SSSR count). The highest BCUT2D eigenvalue weighted by atomic mass is 19.1. The summed E-state index contributed by atoms with van der Waals surface area (Å²) in [5.41, 5.74) is 2.69. The van der Waals surface area contributed by atoms with Crippen molar-refractivity contribution in [3.05, 3.63) is 70.8 Å². The number of ether oxygens (including phenoxy) is 1. The number of carbonyl (C=O) groups is 1. The van der Waals surface area contributed by atoms with Crippen molar-refractivity contribution >= 4 is 5.91 Å². The molecule has 4 nitrogen and oxygen atoms in total. The molecule has 6 heteroatoms. The predicted molar refractivity (Wildman–Crippen MR) is 111 cm³/mol. The number of nitrogens with zero attached hydrogens (tertiary/aromatic N) is 1. The molecule has 1 heterocycles. The highest BCUT2D eigenvalue weighted by Gasteiger charge is 2.53. The average molecular weight is 414 g/mol. The first-order valence-electron chi connectivity index (χ1n) is 10.6. The van der Waals surface area contributed by atoms with Gasteiger partial charge < -0.3 is 10.1 Å². The lowest BCUT2D eigenvalue weighted by Gasteiger charge is -2.44. The van der Waals surface area contributed by atoms with Crippen LogP contribution in [0.4, 0.5) is 8.78 Å². The van der Waals surface area contributed by atoms with Gasteiger partial charge in [-0.05, 0) is 43.1 Å². The zero-order valence-corrected chi connectivity index (χ0v) is 17.5. The van der Waals surface area contributed by atoms with Crippen LogP contribution >= 0.6 is 0 Å². The van der Waals surface area contributed by atoms with Crippen LogP contribution in [-0.2, 0) is 21.5 Å². The van der Waals surface area contributed by atoms with Gasteiger partial charge in [-0.15, -0.1) is 0 Å². The van der Waals surface area contributed by atoms with E-state index in [9.17, 15) is 13.6 Å². The Hall–Kier alpha value is -2.31. The maximum atomic E-state index is 14.1. The van der Waals surface area contributed by atoms with E-state index in [0.717, 1.165) is 37.6 Å². The van der Waals surface area contributed by atoms with Gasteiger partial charge >= 0.3 is 0 Å². The number of rotatable bonds is 5. The molecular weight excluding hydrogens is 386 g/mol. The van der Waals surface area contributed by atoms with Crippen molar-refractivity contribution in [2.24, 2.45) is 0 Å². The van der Waals surface area contributed by atoms with Crippen LogP contribution in [0.1, 0.15) is 48.9 Å². The van der Waals surface area contributed by atoms with Gasteiger partial charge in [0, 0.05) is 37.1 Å². The van der Waals surface area contributed by atoms with Gasteiger partial charge in [0.15, 0.2) is 0 Å². The Bertz CT molecular complexity index is 925. The first-order chi connectivity index (χ1) is 14.5. The fourth-order valence-electron chi connectivity index (χ4n) is 5.20. The van der Waals surface area contributed by atoms with Crippen LogP contribution in [0, 0.1) is 11.6 Å². The zero-order chi connectivity index (χ0) is 21.3. The minimum absolute atomic E-state index is 0.0122. The number of fused-ring (bicyclic) bond motifs is 2. The summed E-state index contributed by atoms with van der Waals surface area (Å²) in [7, 11) is 1.71. The van der Waals surface area contributed by atoms with Crippen molar-refractivity contribution in [2.75, 3.05) is 20.2 Å². The van der Waals surface area contributed by atoms with Crippen LogP contribution in [0.5, 0.6) is 0 Å². The van der Waals surface area contributed by atoms with Gasteiger partial charge in [-0.3, -0.25) is 9.69 Å². The standard InChI is InChI=1S/C24H28F2N2O2/c1-3-21(29)27-22-18-6-4-5-7-19(18)24(23(22)30-2)10-12-28(13-11-24)15-16-8-9-17(25)14-20(16)26/h4-9,14,22-23H,3,10-13,15H2,1-2H3,(H,27,29)/t22-,23+/m1/s1. The maximum absolute atomic E-state index is 14.1. The number of nitrogens with one attached hydrogen (secondary N) is 1. The van der Waals surface area contributed by atoms with Gasteiger partial charge in [-0.2, -0.15) is 0 Å². The van der Waals surface area contributed by atoms with Crippen molar-refractivity contribution in [1.29, 1.82) is 0 Å². The molecule has 1 amide bonds. The topological polar surface area (TPSA) is 41.6 Å². The smallest absolute Gasteiger partial charge is 0.220 e. The lowest BCUT2D eigenvalue weighted by Crippen LogP contribution is -2.50. The molecule has 2 atom stereocenters. The quantitative estimate of drug-likeness (QED) is 0.801. The van der Waals surface area contributed by atoms with Crippen molar-refractivity contribution in [3.63, 3.8) is 0 Å². The van der Waals surface area contributed by atoms with Crippen LogP contribution in [0.3, 0.4) is 0 Å². The number of methoxy groups -OCH3 is 1. The highest BCUT2D eigenvalue weighted by Crippen LogP contribution is 2.52. The van der Waals surface area contributed by atoms with Gasteiger partial charge in [-0.25, -0.2) is 8.78 Å². The number of halogens is 2. The van der Waals surface area contributed by atoms with Crippen LogP contribution in [-0.4, -0.2) is 37.1 Å². The summed E-state index contributed by atoms with van der Waals surface area (Å²) >= 11 is 0. The van der Waals surface area contributed by atoms with E-state index in [1.807, 2.05) is 19.1 Å². The Balaban J connectivity index is 1.56. The van der Waals surface area contributed by atoms with E-state index in [0.29, 0.717) is 18.5 Å². The van der Waals surface area contributed by atoms with E-state index in [-0.39, 0.29) is 23.5 Å². The molecule has 2 aromatic carbocycles. The summed E-state index contributed by atoms with van der Waals surface area (Å²) < 4.78 is 33.3. The summed E-state index contributed by atoms with van der Waals surface area (Å²) in [4.78, 5) is 14.4. The monoisotopic (exact) mass is 414 g/mol. The first kappa shape index (κ1) is 20.9. The first-order valence-corrected chi connectivity index (χ1v) is 10.6. The van der Waals surface area contributed by atoms with E-state index < -0.39 is 11.6 Å². The van der Waals surface area contributed by atoms with Crippen molar-refractivity contribution in [2.45, 2.75) is 50.3 Å². The SMILES string of the molecule is CCC(=O)N[C@@H]1c2ccccc2C2(CCN(Cc3ccc(F)cc3F)CC2)[C@H]1OC. The summed E-state index contributed by atoms with van der Waals surface area (Å²) in [5.74, 6) is -1.05. The number of benzene rings is 2. The van der Waals surface area contributed by atoms with Crippen molar-refractivity contribution in [3.8, 4) is 0 Å². The second kappa shape index (κ2) is 8.44. The molecule has 1 N–H and O–H groups in total. The second-order valence-corrected chi connectivity index (χ2v) is 8.31. The third-order valence-electron chi connectivity index (χ3n) is 6.73. The molecule has 0 saturated carbocycles. The summed E-state index contributed by atoms with van der Waals surface area (Å²) in [6.45, 7) is 3.86. The van der Waals surface area contributed by atoms with Gasteiger partial charge in [0.1, 0.15) is 11.6 Å². The van der Waals surface area contributed by atoms with E-state index in [1.54, 1.807) is 7.11 Å². The third kappa shape index (κ3) is 3.63. The molecule has 1 aliphatic carbocycles. The molecule has 1 spiro atoms. The Morgan fingerprint density at radius 2 is 1.93 bits per heavy atom. The lowest BCUT2D eigenvalue weighted by molar-refractivity contribution is -0.123. The molecule has 0 bridgehead atoms. The Morgan fingerprint density at radius 1 is 1.20 bits per heavy atom. The fourth-order valence-corrected chi connectivity index (χ4v) is 5.20. The number of carbonyl (C=O) groups excluding carboxylic acids is 1. The lowest BCUT2D eigenvalue weighted by atomic mass is 9.72. The van der Waals surface area contributed by atoms with Gasteiger partial charge in [0.2, 0.25) is 5.91 Å². The Labute approximate surface area is 176 Å². The number of hydrogen-bond donors (Lipinski definition) is 1. The fraction of sp³-hybridized carbons (Fsp3) is 0.458. The Kier molecular flexibility index (Phi) is 5.89. The van der Waals surface area contributed by atoms with E-state index in [1.165, 1.54) is 17.7 Å². The van der Waals surface area contributed by atoms with Crippen LogP contribution in [0.2, 0.25) is 0 Å². The molecule has 0 aromatic heterocycles. The normalized spacial score (nSPS) is 22.8. The molecule has 2 aromatic rings. The van der Waals surface area contributed by atoms with Gasteiger partial charge in [0.05, 0.1) is 12.1 Å². The average Bonchev–Trinajstić information content (AvgIpc) is 3.00. The minimum Gasteiger partial charge on any atom is -0.378 e. The van der Waals surface area contributed by atoms with Crippen molar-refractivity contribution in [1.82, 2.24) is 10.2 Å². The zero-order valence-electron chi connectivity index (χ0n) is 17.5. The third-order valence-corrected chi connectivity index (χ3v) is 6.73. The molecule has 1 saturated heterocycles. The summed E-state index contributed by atoms with van der Waals surface area (Å²) in [5, 5.41) is 3.16. The van der Waals surface area contributed by atoms with Gasteiger partial charge in [-0.1, -0.05) is 37.3 Å². The number of hydrogen-bond acceptors (Lipinski definition) is 3. The predicted octanol–water partition coefficient (Wildman–Crippen LogP) is 4.09. The molecule has 0 radical (unpaired) electrons. The number of amides is 1. The van der Waals surface area contributed by atoms with E-state index in [4.69, 9.17) is 4.74 Å². The molecule has 1 fully saturated rings. The molecular formula is C24H28F2N2O2. The minimum atomic E-state index is -0.556. The summed E-state index contributed by atoms with van der Waals surface area (Å²) in [6, 6.07) is 11.9. The second-order valence-electron chi connectivity index (χ2n) is 8.31. The highest BCUT2D eigenvalue weighted by molar-refractivity contribution is 5.76. The Morgan fingerprint density at radius 3 is 2.60 bits per heavy atom. The van der Waals surface area contributed by atoms with E-state index >= 15 is 0 Å². The molecule has 2 aliphatic rings. The molecule has 30 heavy (non-hydrogen) atoms. The van der Waals surface area contributed by atoms with Crippen LogP contribution in [0.25, 0.3) is 0 Å². The largest absolute Gasteiger partial charge is 0.378 e. The number of likely N-dealkylation sites (tertiary alicyclic amines) is 1. The van der Waals surface area contributed by atoms with Crippen molar-refractivity contribution < 1.29 is 18.3 Å². The molecule has 1 aliphatic heterocycles. The summed E-state index contributed by atoms with van der Waals surface area (Å²) in [6.07, 6.45) is 1.99. The van der Waals surface area contributed by atoms with Gasteiger partial charge in [0.25, 0.3) is 0 Å².